The zero-order chi connectivity index (χ0) is 16.8. The molecule has 3 N–H and O–H groups in total. The summed E-state index contributed by atoms with van der Waals surface area (Å²) in [6.45, 7) is 5.75. The molecule has 23 heavy (non-hydrogen) atoms. The molecule has 2 amide bonds. The summed E-state index contributed by atoms with van der Waals surface area (Å²) in [4.78, 5) is 16.1. The highest BCUT2D eigenvalue weighted by molar-refractivity contribution is 5.74. The van der Waals surface area contributed by atoms with Gasteiger partial charge in [-0.2, -0.15) is 0 Å². The van der Waals surface area contributed by atoms with Crippen molar-refractivity contribution in [3.05, 3.63) is 48.5 Å². The number of rotatable bonds is 6. The molecule has 1 heterocycles. The maximum absolute atomic E-state index is 12.1. The number of imidazole rings is 1. The van der Waals surface area contributed by atoms with Gasteiger partial charge in [-0.1, -0.05) is 19.1 Å². The molecule has 0 aliphatic carbocycles. The second kappa shape index (κ2) is 7.78. The van der Waals surface area contributed by atoms with Crippen LogP contribution in [0.3, 0.4) is 0 Å². The third kappa shape index (κ3) is 4.56. The first-order valence-corrected chi connectivity index (χ1v) is 7.77. The Morgan fingerprint density at radius 2 is 2.09 bits per heavy atom. The lowest BCUT2D eigenvalue weighted by molar-refractivity contribution is 0.199. The quantitative estimate of drug-likeness (QED) is 0.765. The molecule has 0 fully saturated rings. The van der Waals surface area contributed by atoms with Crippen molar-refractivity contribution in [2.45, 2.75) is 32.9 Å². The highest BCUT2D eigenvalue weighted by atomic mass is 16.3. The van der Waals surface area contributed by atoms with Gasteiger partial charge in [0.25, 0.3) is 0 Å². The number of urea groups is 1. The third-order valence-electron chi connectivity index (χ3n) is 4.02. The normalized spacial score (nSPS) is 14.8. The van der Waals surface area contributed by atoms with Crippen LogP contribution in [0.25, 0.3) is 5.69 Å². The van der Waals surface area contributed by atoms with E-state index < -0.39 is 0 Å². The van der Waals surface area contributed by atoms with Crippen molar-refractivity contribution >= 4 is 6.03 Å². The number of nitrogens with zero attached hydrogens (tertiary/aromatic N) is 2. The average Bonchev–Trinajstić information content (AvgIpc) is 3.08. The van der Waals surface area contributed by atoms with Gasteiger partial charge in [0.1, 0.15) is 0 Å². The molecular weight excluding hydrogens is 292 g/mol. The van der Waals surface area contributed by atoms with Gasteiger partial charge in [-0.15, -0.1) is 0 Å². The molecule has 0 radical (unpaired) electrons. The molecule has 1 aromatic carbocycles. The van der Waals surface area contributed by atoms with E-state index in [1.54, 1.807) is 12.5 Å². The number of nitrogens with one attached hydrogen (secondary N) is 2. The summed E-state index contributed by atoms with van der Waals surface area (Å²) in [7, 11) is 0. The molecule has 0 spiro atoms. The maximum Gasteiger partial charge on any atom is 0.315 e. The molecule has 6 heteroatoms. The van der Waals surface area contributed by atoms with Crippen LogP contribution >= 0.6 is 0 Å². The minimum absolute atomic E-state index is 0.0145. The Bertz CT molecular complexity index is 627. The summed E-state index contributed by atoms with van der Waals surface area (Å²) >= 11 is 0. The lowest BCUT2D eigenvalue weighted by Crippen LogP contribution is -2.44. The van der Waals surface area contributed by atoms with E-state index in [-0.39, 0.29) is 30.6 Å². The number of aliphatic hydroxyl groups is 1. The van der Waals surface area contributed by atoms with E-state index in [0.29, 0.717) is 0 Å². The third-order valence-corrected chi connectivity index (χ3v) is 4.02. The standard InChI is InChI=1S/C17H24N4O2/c1-12(10-22)13(2)19-17(23)20-14(3)15-5-4-6-16(9-15)21-8-7-18-11-21/h4-9,11-14,22H,10H2,1-3H3,(H2,19,20,23)/t12-,13-,14-/m0/s1. The number of carbonyl (C=O) groups excluding carboxylic acids is 1. The van der Waals surface area contributed by atoms with E-state index in [2.05, 4.69) is 15.6 Å². The van der Waals surface area contributed by atoms with Gasteiger partial charge in [-0.05, 0) is 37.5 Å². The molecular formula is C17H24N4O2. The molecule has 0 aliphatic rings. The SMILES string of the molecule is C[C@H](NC(=O)N[C@@H](C)[C@@H](C)CO)c1cccc(-n2ccnc2)c1. The van der Waals surface area contributed by atoms with Crippen molar-refractivity contribution < 1.29 is 9.90 Å². The number of hydrogen-bond acceptors (Lipinski definition) is 3. The topological polar surface area (TPSA) is 79.2 Å². The van der Waals surface area contributed by atoms with Gasteiger partial charge in [-0.3, -0.25) is 0 Å². The zero-order valence-electron chi connectivity index (χ0n) is 13.7. The molecule has 0 saturated heterocycles. The number of aliphatic hydroxyl groups excluding tert-OH is 1. The molecule has 2 aromatic rings. The van der Waals surface area contributed by atoms with E-state index in [1.807, 2.05) is 55.8 Å². The number of aromatic nitrogens is 2. The lowest BCUT2D eigenvalue weighted by Gasteiger charge is -2.22. The van der Waals surface area contributed by atoms with Crippen LogP contribution in [-0.4, -0.2) is 33.3 Å². The highest BCUT2D eigenvalue weighted by Crippen LogP contribution is 2.16. The summed E-state index contributed by atoms with van der Waals surface area (Å²) in [6.07, 6.45) is 5.34. The van der Waals surface area contributed by atoms with Gasteiger partial charge in [0.05, 0.1) is 12.4 Å². The Hall–Kier alpha value is -2.34. The first kappa shape index (κ1) is 17.0. The van der Waals surface area contributed by atoms with Gasteiger partial charge >= 0.3 is 6.03 Å². The Morgan fingerprint density at radius 1 is 1.30 bits per heavy atom. The van der Waals surface area contributed by atoms with E-state index in [0.717, 1.165) is 11.3 Å². The monoisotopic (exact) mass is 316 g/mol. The molecule has 124 valence electrons. The molecule has 3 atom stereocenters. The van der Waals surface area contributed by atoms with E-state index in [1.165, 1.54) is 0 Å². The summed E-state index contributed by atoms with van der Waals surface area (Å²) in [5, 5.41) is 14.9. The Kier molecular flexibility index (Phi) is 5.76. The van der Waals surface area contributed by atoms with E-state index in [4.69, 9.17) is 5.11 Å². The van der Waals surface area contributed by atoms with Gasteiger partial charge in [0.2, 0.25) is 0 Å². The van der Waals surface area contributed by atoms with E-state index >= 15 is 0 Å². The minimum atomic E-state index is -0.238. The van der Waals surface area contributed by atoms with Gasteiger partial charge < -0.3 is 20.3 Å². The van der Waals surface area contributed by atoms with Crippen molar-refractivity contribution in [3.63, 3.8) is 0 Å². The summed E-state index contributed by atoms with van der Waals surface area (Å²) in [5.74, 6) is 0.0145. The fraction of sp³-hybridized carbons (Fsp3) is 0.412. The number of hydrogen-bond donors (Lipinski definition) is 3. The first-order valence-electron chi connectivity index (χ1n) is 7.77. The summed E-state index contributed by atoms with van der Waals surface area (Å²) < 4.78 is 1.92. The predicted octanol–water partition coefficient (Wildman–Crippen LogP) is 2.25. The molecule has 0 aliphatic heterocycles. The van der Waals surface area contributed by atoms with Crippen molar-refractivity contribution in [2.75, 3.05) is 6.61 Å². The first-order chi connectivity index (χ1) is 11.0. The highest BCUT2D eigenvalue weighted by Gasteiger charge is 2.16. The molecule has 0 bridgehead atoms. The van der Waals surface area contributed by atoms with Crippen molar-refractivity contribution in [3.8, 4) is 5.69 Å². The Balaban J connectivity index is 1.99. The van der Waals surface area contributed by atoms with Crippen LogP contribution in [0.4, 0.5) is 4.79 Å². The van der Waals surface area contributed by atoms with Gasteiger partial charge in [0.15, 0.2) is 0 Å². The second-order valence-corrected chi connectivity index (χ2v) is 5.85. The van der Waals surface area contributed by atoms with Gasteiger partial charge in [0, 0.05) is 30.7 Å². The molecule has 6 nitrogen and oxygen atoms in total. The number of benzene rings is 1. The van der Waals surface area contributed by atoms with Crippen LogP contribution in [0.15, 0.2) is 43.0 Å². The fourth-order valence-corrected chi connectivity index (χ4v) is 2.20. The van der Waals surface area contributed by atoms with Gasteiger partial charge in [-0.25, -0.2) is 9.78 Å². The average molecular weight is 316 g/mol. The van der Waals surface area contributed by atoms with Crippen LogP contribution in [0.2, 0.25) is 0 Å². The predicted molar refractivity (Wildman–Crippen MR) is 89.4 cm³/mol. The van der Waals surface area contributed by atoms with E-state index in [9.17, 15) is 4.79 Å². The van der Waals surface area contributed by atoms with Crippen molar-refractivity contribution in [2.24, 2.45) is 5.92 Å². The Labute approximate surface area is 136 Å². The minimum Gasteiger partial charge on any atom is -0.396 e. The Morgan fingerprint density at radius 3 is 2.74 bits per heavy atom. The van der Waals surface area contributed by atoms with Crippen molar-refractivity contribution in [1.29, 1.82) is 0 Å². The maximum atomic E-state index is 12.1. The lowest BCUT2D eigenvalue weighted by atomic mass is 10.1. The van der Waals surface area contributed by atoms with Crippen LogP contribution in [0.1, 0.15) is 32.4 Å². The number of amides is 2. The fourth-order valence-electron chi connectivity index (χ4n) is 2.20. The molecule has 1 aromatic heterocycles. The zero-order valence-corrected chi connectivity index (χ0v) is 13.7. The summed E-state index contributed by atoms with van der Waals surface area (Å²) in [5.41, 5.74) is 2.01. The largest absolute Gasteiger partial charge is 0.396 e. The van der Waals surface area contributed by atoms with Crippen LogP contribution < -0.4 is 10.6 Å². The molecule has 0 unspecified atom stereocenters. The smallest absolute Gasteiger partial charge is 0.315 e. The van der Waals surface area contributed by atoms with Crippen LogP contribution in [0.5, 0.6) is 0 Å². The second-order valence-electron chi connectivity index (χ2n) is 5.85. The van der Waals surface area contributed by atoms with Crippen molar-refractivity contribution in [1.82, 2.24) is 20.2 Å². The molecule has 2 rings (SSSR count). The summed E-state index contributed by atoms with van der Waals surface area (Å²) in [6, 6.07) is 7.48. The van der Waals surface area contributed by atoms with Crippen LogP contribution in [-0.2, 0) is 0 Å². The van der Waals surface area contributed by atoms with Crippen LogP contribution in [0, 0.1) is 5.92 Å². The number of carbonyl (C=O) groups is 1. The molecule has 0 saturated carbocycles.